The first kappa shape index (κ1) is 15.6. The first-order chi connectivity index (χ1) is 10.1. The van der Waals surface area contributed by atoms with Crippen molar-refractivity contribution >= 4 is 23.4 Å². The monoisotopic (exact) mass is 303 g/mol. The van der Waals surface area contributed by atoms with Gasteiger partial charge in [0.2, 0.25) is 5.91 Å². The van der Waals surface area contributed by atoms with Crippen molar-refractivity contribution in [3.05, 3.63) is 60.4 Å². The number of carbonyl (C=O) groups is 1. The maximum atomic E-state index is 13.6. The summed E-state index contributed by atoms with van der Waals surface area (Å²) in [4.78, 5) is 14.7. The largest absolute Gasteiger partial charge is 0.309 e. The van der Waals surface area contributed by atoms with Gasteiger partial charge in [-0.25, -0.2) is 4.39 Å². The van der Waals surface area contributed by atoms with Gasteiger partial charge in [0.1, 0.15) is 5.82 Å². The van der Waals surface area contributed by atoms with Crippen molar-refractivity contribution in [3.8, 4) is 0 Å². The van der Waals surface area contributed by atoms with E-state index in [0.29, 0.717) is 4.90 Å². The van der Waals surface area contributed by atoms with E-state index in [-0.39, 0.29) is 23.5 Å². The van der Waals surface area contributed by atoms with Crippen LogP contribution in [0.25, 0.3) is 0 Å². The minimum Gasteiger partial charge on any atom is -0.309 e. The number of hydrogen-bond donors (Lipinski definition) is 0. The number of rotatable bonds is 5. The van der Waals surface area contributed by atoms with Crippen molar-refractivity contribution in [1.82, 2.24) is 0 Å². The molecule has 0 unspecified atom stereocenters. The zero-order valence-electron chi connectivity index (χ0n) is 12.1. The number of carbonyl (C=O) groups excluding carboxylic acids is 1. The number of benzene rings is 2. The van der Waals surface area contributed by atoms with Gasteiger partial charge in [-0.3, -0.25) is 4.79 Å². The number of amides is 1. The molecule has 0 aliphatic carbocycles. The second-order valence-corrected chi connectivity index (χ2v) is 5.93. The first-order valence-electron chi connectivity index (χ1n) is 6.84. The minimum absolute atomic E-state index is 0.0237. The van der Waals surface area contributed by atoms with Crippen LogP contribution in [0.4, 0.5) is 10.1 Å². The molecule has 2 aromatic rings. The van der Waals surface area contributed by atoms with Crippen LogP contribution in [-0.4, -0.2) is 17.7 Å². The summed E-state index contributed by atoms with van der Waals surface area (Å²) >= 11 is 1.23. The van der Waals surface area contributed by atoms with E-state index in [0.717, 1.165) is 5.69 Å². The predicted octanol–water partition coefficient (Wildman–Crippen LogP) is 4.36. The van der Waals surface area contributed by atoms with Gasteiger partial charge in [0.25, 0.3) is 0 Å². The summed E-state index contributed by atoms with van der Waals surface area (Å²) in [6.07, 6.45) is 0. The number of thioether (sulfide) groups is 1. The van der Waals surface area contributed by atoms with Crippen molar-refractivity contribution in [3.63, 3.8) is 0 Å². The lowest BCUT2D eigenvalue weighted by molar-refractivity contribution is -0.116. The molecule has 0 atom stereocenters. The third kappa shape index (κ3) is 4.08. The Kier molecular flexibility index (Phi) is 5.39. The molecule has 0 saturated heterocycles. The molecule has 2 aromatic carbocycles. The molecule has 0 spiro atoms. The van der Waals surface area contributed by atoms with Gasteiger partial charge in [-0.05, 0) is 38.1 Å². The summed E-state index contributed by atoms with van der Waals surface area (Å²) in [6.45, 7) is 3.94. The van der Waals surface area contributed by atoms with Gasteiger partial charge in [0, 0.05) is 16.6 Å². The summed E-state index contributed by atoms with van der Waals surface area (Å²) in [7, 11) is 0. The van der Waals surface area contributed by atoms with Crippen molar-refractivity contribution < 1.29 is 9.18 Å². The van der Waals surface area contributed by atoms with Gasteiger partial charge >= 0.3 is 0 Å². The van der Waals surface area contributed by atoms with Gasteiger partial charge in [-0.2, -0.15) is 0 Å². The molecule has 2 rings (SSSR count). The van der Waals surface area contributed by atoms with Gasteiger partial charge in [0.15, 0.2) is 0 Å². The van der Waals surface area contributed by atoms with E-state index in [1.54, 1.807) is 23.1 Å². The normalized spacial score (nSPS) is 10.7. The van der Waals surface area contributed by atoms with Crippen LogP contribution in [-0.2, 0) is 4.79 Å². The average molecular weight is 303 g/mol. The number of para-hydroxylation sites is 1. The Morgan fingerprint density at radius 3 is 2.33 bits per heavy atom. The van der Waals surface area contributed by atoms with Crippen molar-refractivity contribution in [1.29, 1.82) is 0 Å². The Bertz CT molecular complexity index is 601. The quantitative estimate of drug-likeness (QED) is 0.765. The van der Waals surface area contributed by atoms with E-state index >= 15 is 0 Å². The molecule has 21 heavy (non-hydrogen) atoms. The second kappa shape index (κ2) is 7.27. The van der Waals surface area contributed by atoms with E-state index in [1.807, 2.05) is 44.2 Å². The highest BCUT2D eigenvalue weighted by molar-refractivity contribution is 8.00. The average Bonchev–Trinajstić information content (AvgIpc) is 2.47. The molecule has 0 saturated carbocycles. The molecule has 0 aliphatic rings. The Balaban J connectivity index is 2.08. The van der Waals surface area contributed by atoms with Crippen LogP contribution < -0.4 is 4.90 Å². The summed E-state index contributed by atoms with van der Waals surface area (Å²) in [5, 5.41) is 0. The third-order valence-electron chi connectivity index (χ3n) is 3.01. The lowest BCUT2D eigenvalue weighted by Gasteiger charge is -2.26. The van der Waals surface area contributed by atoms with Crippen molar-refractivity contribution in [2.75, 3.05) is 10.7 Å². The Hall–Kier alpha value is -1.81. The number of hydrogen-bond acceptors (Lipinski definition) is 2. The molecular weight excluding hydrogens is 285 g/mol. The van der Waals surface area contributed by atoms with Crippen LogP contribution in [0.3, 0.4) is 0 Å². The molecule has 0 aliphatic heterocycles. The van der Waals surface area contributed by atoms with E-state index < -0.39 is 0 Å². The van der Waals surface area contributed by atoms with Crippen molar-refractivity contribution in [2.45, 2.75) is 24.8 Å². The van der Waals surface area contributed by atoms with Gasteiger partial charge in [-0.15, -0.1) is 11.8 Å². The molecule has 0 radical (unpaired) electrons. The molecular formula is C17H18FNOS. The summed E-state index contributed by atoms with van der Waals surface area (Å²) in [5.74, 6) is -0.0934. The second-order valence-electron chi connectivity index (χ2n) is 4.91. The minimum atomic E-state index is -0.286. The highest BCUT2D eigenvalue weighted by atomic mass is 32.2. The van der Waals surface area contributed by atoms with Gasteiger partial charge < -0.3 is 4.90 Å². The standard InChI is InChI=1S/C17H18FNOS/c1-13(2)19(14-8-4-3-5-9-14)17(20)12-21-16-11-7-6-10-15(16)18/h3-11,13H,12H2,1-2H3. The zero-order valence-corrected chi connectivity index (χ0v) is 12.9. The predicted molar refractivity (Wildman–Crippen MR) is 86.2 cm³/mol. The van der Waals surface area contributed by atoms with E-state index in [1.165, 1.54) is 17.8 Å². The SMILES string of the molecule is CC(C)N(C(=O)CSc1ccccc1F)c1ccccc1. The Labute approximate surface area is 129 Å². The molecule has 0 N–H and O–H groups in total. The molecule has 0 bridgehead atoms. The lowest BCUT2D eigenvalue weighted by Crippen LogP contribution is -2.38. The Morgan fingerprint density at radius 1 is 1.10 bits per heavy atom. The molecule has 0 heterocycles. The van der Waals surface area contributed by atoms with Crippen LogP contribution in [0, 0.1) is 5.82 Å². The Morgan fingerprint density at radius 2 is 1.71 bits per heavy atom. The van der Waals surface area contributed by atoms with Crippen LogP contribution in [0.15, 0.2) is 59.5 Å². The molecule has 0 fully saturated rings. The highest BCUT2D eigenvalue weighted by Gasteiger charge is 2.19. The first-order valence-corrected chi connectivity index (χ1v) is 7.82. The van der Waals surface area contributed by atoms with Crippen LogP contribution in [0.2, 0.25) is 0 Å². The zero-order chi connectivity index (χ0) is 15.2. The van der Waals surface area contributed by atoms with E-state index in [9.17, 15) is 9.18 Å². The molecule has 110 valence electrons. The fourth-order valence-electron chi connectivity index (χ4n) is 2.09. The van der Waals surface area contributed by atoms with Gasteiger partial charge in [-0.1, -0.05) is 30.3 Å². The number of halogens is 1. The van der Waals surface area contributed by atoms with E-state index in [4.69, 9.17) is 0 Å². The summed E-state index contributed by atoms with van der Waals surface area (Å²) in [5.41, 5.74) is 0.867. The van der Waals surface area contributed by atoms with Crippen LogP contribution >= 0.6 is 11.8 Å². The summed E-state index contributed by atoms with van der Waals surface area (Å²) in [6, 6.07) is 16.1. The smallest absolute Gasteiger partial charge is 0.237 e. The molecule has 2 nitrogen and oxygen atoms in total. The fourth-order valence-corrected chi connectivity index (χ4v) is 2.89. The number of anilines is 1. The van der Waals surface area contributed by atoms with Crippen LogP contribution in [0.5, 0.6) is 0 Å². The number of nitrogens with zero attached hydrogens (tertiary/aromatic N) is 1. The highest BCUT2D eigenvalue weighted by Crippen LogP contribution is 2.24. The third-order valence-corrected chi connectivity index (χ3v) is 4.04. The molecule has 1 amide bonds. The fraction of sp³-hybridized carbons (Fsp3) is 0.235. The summed E-state index contributed by atoms with van der Waals surface area (Å²) < 4.78 is 13.6. The molecule has 4 heteroatoms. The maximum Gasteiger partial charge on any atom is 0.237 e. The maximum absolute atomic E-state index is 13.6. The topological polar surface area (TPSA) is 20.3 Å². The molecule has 0 aromatic heterocycles. The van der Waals surface area contributed by atoms with Crippen molar-refractivity contribution in [2.24, 2.45) is 0 Å². The van der Waals surface area contributed by atoms with Crippen LogP contribution in [0.1, 0.15) is 13.8 Å². The van der Waals surface area contributed by atoms with Gasteiger partial charge in [0.05, 0.1) is 5.75 Å². The van der Waals surface area contributed by atoms with E-state index in [2.05, 4.69) is 0 Å². The lowest BCUT2D eigenvalue weighted by atomic mass is 10.2.